The van der Waals surface area contributed by atoms with Gasteiger partial charge in [0, 0.05) is 11.1 Å². The quantitative estimate of drug-likeness (QED) is 0.422. The molecule has 2 heterocycles. The lowest BCUT2D eigenvalue weighted by Crippen LogP contribution is -3.11. The van der Waals surface area contributed by atoms with E-state index in [-0.39, 0.29) is 34.0 Å². The number of hydrogen-bond acceptors (Lipinski definition) is 0. The van der Waals surface area contributed by atoms with Crippen molar-refractivity contribution in [1.29, 1.82) is 0 Å². The van der Waals surface area contributed by atoms with Crippen molar-refractivity contribution in [2.24, 2.45) is 0 Å². The van der Waals surface area contributed by atoms with Crippen LogP contribution < -0.4 is 43.8 Å². The first-order valence-electron chi connectivity index (χ1n) is 10.6. The van der Waals surface area contributed by atoms with Crippen molar-refractivity contribution in [3.8, 4) is 0 Å². The van der Waals surface area contributed by atoms with E-state index in [0.717, 1.165) is 0 Å². The molecule has 4 rings (SSSR count). The molecule has 0 saturated carbocycles. The minimum atomic E-state index is 0. The van der Waals surface area contributed by atoms with E-state index >= 15 is 0 Å². The van der Waals surface area contributed by atoms with Gasteiger partial charge in [0.1, 0.15) is 13.1 Å². The number of likely N-dealkylation sites (tertiary alicyclic amines) is 2. The summed E-state index contributed by atoms with van der Waals surface area (Å²) in [4.78, 5) is 3.52. The summed E-state index contributed by atoms with van der Waals surface area (Å²) in [6.45, 7) is 7.93. The molecule has 2 aliphatic rings. The van der Waals surface area contributed by atoms with Crippen molar-refractivity contribution in [2.75, 3.05) is 26.2 Å². The number of benzene rings is 2. The summed E-state index contributed by atoms with van der Waals surface area (Å²) in [5.41, 5.74) is 2.97. The van der Waals surface area contributed by atoms with Crippen LogP contribution >= 0.6 is 0 Å². The molecule has 0 atom stereocenters. The Hall–Kier alpha value is -0.680. The highest BCUT2D eigenvalue weighted by Gasteiger charge is 2.13. The van der Waals surface area contributed by atoms with Crippen molar-refractivity contribution in [1.82, 2.24) is 0 Å². The third-order valence-electron chi connectivity index (χ3n) is 5.72. The second kappa shape index (κ2) is 15.2. The molecular weight excluding hydrogens is 476 g/mol. The van der Waals surface area contributed by atoms with Crippen LogP contribution in [0.2, 0.25) is 0 Å². The molecule has 0 unspecified atom stereocenters. The number of halogens is 2. The fourth-order valence-electron chi connectivity index (χ4n) is 4.23. The van der Waals surface area contributed by atoms with Crippen LogP contribution in [0.15, 0.2) is 60.7 Å². The summed E-state index contributed by atoms with van der Waals surface area (Å²) in [7, 11) is 0. The molecule has 2 fully saturated rings. The van der Waals surface area contributed by atoms with Crippen LogP contribution in [0.5, 0.6) is 0 Å². The normalized spacial score (nSPS) is 17.4. The summed E-state index contributed by atoms with van der Waals surface area (Å²) in [5.74, 6) is 0. The van der Waals surface area contributed by atoms with Crippen molar-refractivity contribution in [3.63, 3.8) is 0 Å². The van der Waals surface area contributed by atoms with Crippen LogP contribution in [0.25, 0.3) is 0 Å². The van der Waals surface area contributed by atoms with E-state index in [1.165, 1.54) is 88.9 Å². The SMILES string of the molecule is [Br-].[Br-].c1ccc(C[NH+]2CCCCC2)cc1.c1ccc(C[NH+]2CCCCC2)cc1. The summed E-state index contributed by atoms with van der Waals surface area (Å²) in [6.07, 6.45) is 8.56. The minimum Gasteiger partial charge on any atom is -1.00 e. The van der Waals surface area contributed by atoms with Gasteiger partial charge in [0.2, 0.25) is 0 Å². The maximum atomic E-state index is 2.24. The molecule has 0 amide bonds. The first kappa shape index (κ1) is 25.4. The van der Waals surface area contributed by atoms with E-state index in [1.807, 2.05) is 0 Å². The van der Waals surface area contributed by atoms with Gasteiger partial charge in [-0.25, -0.2) is 0 Å². The third kappa shape index (κ3) is 9.69. The molecule has 4 heteroatoms. The summed E-state index contributed by atoms with van der Waals surface area (Å²) < 4.78 is 0. The Morgan fingerprint density at radius 3 is 1.11 bits per heavy atom. The number of quaternary nitrogens is 2. The molecule has 0 radical (unpaired) electrons. The van der Waals surface area contributed by atoms with E-state index in [1.54, 1.807) is 9.80 Å². The minimum absolute atomic E-state index is 0. The van der Waals surface area contributed by atoms with E-state index < -0.39 is 0 Å². The Labute approximate surface area is 192 Å². The molecule has 156 valence electrons. The predicted molar refractivity (Wildman–Crippen MR) is 109 cm³/mol. The highest BCUT2D eigenvalue weighted by atomic mass is 79.9. The number of rotatable bonds is 4. The molecule has 0 spiro atoms. The zero-order valence-electron chi connectivity index (χ0n) is 17.0. The third-order valence-corrected chi connectivity index (χ3v) is 5.72. The molecular formula is C24H36Br2N2. The van der Waals surface area contributed by atoms with E-state index in [9.17, 15) is 0 Å². The van der Waals surface area contributed by atoms with Crippen LogP contribution in [0.4, 0.5) is 0 Å². The van der Waals surface area contributed by atoms with Crippen LogP contribution in [0, 0.1) is 0 Å². The number of hydrogen-bond donors (Lipinski definition) is 2. The molecule has 0 bridgehead atoms. The van der Waals surface area contributed by atoms with Gasteiger partial charge >= 0.3 is 0 Å². The highest BCUT2D eigenvalue weighted by Crippen LogP contribution is 2.00. The summed E-state index contributed by atoms with van der Waals surface area (Å²) >= 11 is 0. The molecule has 0 aliphatic carbocycles. The van der Waals surface area contributed by atoms with Gasteiger partial charge in [-0.1, -0.05) is 60.7 Å². The second-order valence-electron chi connectivity index (χ2n) is 7.95. The molecule has 2 N–H and O–H groups in total. The van der Waals surface area contributed by atoms with Gasteiger partial charge in [0.05, 0.1) is 26.2 Å². The van der Waals surface area contributed by atoms with Crippen molar-refractivity contribution >= 4 is 0 Å². The lowest BCUT2D eigenvalue weighted by Gasteiger charge is -2.23. The van der Waals surface area contributed by atoms with Crippen molar-refractivity contribution < 1.29 is 43.8 Å². The van der Waals surface area contributed by atoms with Crippen LogP contribution in [-0.4, -0.2) is 26.2 Å². The predicted octanol–water partition coefficient (Wildman–Crippen LogP) is -3.48. The lowest BCUT2D eigenvalue weighted by molar-refractivity contribution is -0.918. The van der Waals surface area contributed by atoms with Crippen LogP contribution in [-0.2, 0) is 13.1 Å². The topological polar surface area (TPSA) is 8.88 Å². The molecule has 2 aromatic carbocycles. The molecule has 0 aromatic heterocycles. The van der Waals surface area contributed by atoms with E-state index in [4.69, 9.17) is 0 Å². The Bertz CT molecular complexity index is 539. The molecule has 2 nitrogen and oxygen atoms in total. The van der Waals surface area contributed by atoms with Crippen LogP contribution in [0.1, 0.15) is 49.7 Å². The summed E-state index contributed by atoms with van der Waals surface area (Å²) in [6, 6.07) is 21.7. The maximum Gasteiger partial charge on any atom is 0.103 e. The number of piperidine rings is 2. The first-order chi connectivity index (χ1) is 12.9. The standard InChI is InChI=1S/2C12H17N.2BrH/c2*1-3-7-12(8-4-1)11-13-9-5-2-6-10-13;;/h2*1,3-4,7-8H,2,5-6,9-11H2;2*1H. The van der Waals surface area contributed by atoms with Crippen molar-refractivity contribution in [2.45, 2.75) is 51.6 Å². The van der Waals surface area contributed by atoms with Crippen LogP contribution in [0.3, 0.4) is 0 Å². The average molecular weight is 512 g/mol. The van der Waals surface area contributed by atoms with E-state index in [0.29, 0.717) is 0 Å². The van der Waals surface area contributed by atoms with E-state index in [2.05, 4.69) is 60.7 Å². The van der Waals surface area contributed by atoms with Gasteiger partial charge in [-0.05, 0) is 38.5 Å². The van der Waals surface area contributed by atoms with Gasteiger partial charge in [-0.2, -0.15) is 0 Å². The van der Waals surface area contributed by atoms with Gasteiger partial charge in [0.15, 0.2) is 0 Å². The number of nitrogens with one attached hydrogen (secondary N) is 2. The lowest BCUT2D eigenvalue weighted by atomic mass is 10.1. The average Bonchev–Trinajstić information content (AvgIpc) is 2.72. The van der Waals surface area contributed by atoms with Gasteiger partial charge in [-0.15, -0.1) is 0 Å². The fourth-order valence-corrected chi connectivity index (χ4v) is 4.23. The van der Waals surface area contributed by atoms with Gasteiger partial charge in [-0.3, -0.25) is 0 Å². The highest BCUT2D eigenvalue weighted by molar-refractivity contribution is 5.13. The maximum absolute atomic E-state index is 2.24. The zero-order valence-corrected chi connectivity index (χ0v) is 20.2. The fraction of sp³-hybridized carbons (Fsp3) is 0.500. The smallest absolute Gasteiger partial charge is 0.103 e. The Morgan fingerprint density at radius 1 is 0.464 bits per heavy atom. The van der Waals surface area contributed by atoms with Crippen molar-refractivity contribution in [3.05, 3.63) is 71.8 Å². The first-order valence-corrected chi connectivity index (χ1v) is 10.6. The monoisotopic (exact) mass is 510 g/mol. The molecule has 28 heavy (non-hydrogen) atoms. The Balaban J connectivity index is 0.000000261. The molecule has 2 saturated heterocycles. The van der Waals surface area contributed by atoms with Gasteiger partial charge in [0.25, 0.3) is 0 Å². The molecule has 2 aliphatic heterocycles. The zero-order chi connectivity index (χ0) is 17.9. The van der Waals surface area contributed by atoms with Gasteiger partial charge < -0.3 is 43.8 Å². The second-order valence-corrected chi connectivity index (χ2v) is 7.95. The Kier molecular flexibility index (Phi) is 13.8. The largest absolute Gasteiger partial charge is 1.00 e. The summed E-state index contributed by atoms with van der Waals surface area (Å²) in [5, 5.41) is 0. The Morgan fingerprint density at radius 2 is 0.786 bits per heavy atom. The molecule has 2 aromatic rings.